The number of allylic oxidation sites excluding steroid dienone is 2. The predicted octanol–water partition coefficient (Wildman–Crippen LogP) is 2.93. The molecule has 0 N–H and O–H groups in total. The summed E-state index contributed by atoms with van der Waals surface area (Å²) in [7, 11) is 0. The van der Waals surface area contributed by atoms with Crippen LogP contribution in [0, 0.1) is 5.92 Å². The summed E-state index contributed by atoms with van der Waals surface area (Å²) in [6.45, 7) is 3.21. The molecule has 82 valence electrons. The summed E-state index contributed by atoms with van der Waals surface area (Å²) < 4.78 is 48.2. The Morgan fingerprint density at radius 2 is 1.79 bits per heavy atom. The van der Waals surface area contributed by atoms with Crippen molar-refractivity contribution in [1.82, 2.24) is 0 Å². The smallest absolute Gasteiger partial charge is 0.288 e. The maximum absolute atomic E-state index is 12.4. The third-order valence-corrected chi connectivity index (χ3v) is 2.12. The van der Waals surface area contributed by atoms with E-state index in [0.29, 0.717) is 6.08 Å². The third kappa shape index (κ3) is 3.32. The van der Waals surface area contributed by atoms with Gasteiger partial charge in [-0.25, -0.2) is 8.78 Å². The van der Waals surface area contributed by atoms with Gasteiger partial charge in [-0.1, -0.05) is 13.8 Å². The van der Waals surface area contributed by atoms with E-state index in [2.05, 4.69) is 12.6 Å². The molecule has 0 bridgehead atoms. The summed E-state index contributed by atoms with van der Waals surface area (Å²) in [5.74, 6) is -6.79. The van der Waals surface area contributed by atoms with Gasteiger partial charge in [0.1, 0.15) is 0 Å². The van der Waals surface area contributed by atoms with Crippen molar-refractivity contribution in [2.24, 2.45) is 5.92 Å². The molecule has 1 nitrogen and oxygen atoms in total. The monoisotopic (exact) mass is 230 g/mol. The van der Waals surface area contributed by atoms with Crippen molar-refractivity contribution in [3.05, 3.63) is 11.0 Å². The minimum Gasteiger partial charge on any atom is -0.288 e. The predicted molar refractivity (Wildman–Crippen MR) is 47.9 cm³/mol. The highest BCUT2D eigenvalue weighted by Crippen LogP contribution is 2.26. The number of halogens is 4. The molecule has 0 radical (unpaired) electrons. The van der Waals surface area contributed by atoms with Gasteiger partial charge in [-0.3, -0.25) is 4.79 Å². The average molecular weight is 230 g/mol. The molecule has 0 aromatic carbocycles. The third-order valence-electron chi connectivity index (χ3n) is 1.47. The maximum Gasteiger partial charge on any atom is 0.368 e. The number of hydrogen-bond donors (Lipinski definition) is 1. The van der Waals surface area contributed by atoms with Crippen LogP contribution in [-0.2, 0) is 4.79 Å². The zero-order valence-corrected chi connectivity index (χ0v) is 8.49. The van der Waals surface area contributed by atoms with E-state index in [0.717, 1.165) is 0 Å². The molecule has 0 amide bonds. The van der Waals surface area contributed by atoms with E-state index in [9.17, 15) is 22.4 Å². The van der Waals surface area contributed by atoms with Gasteiger partial charge in [0.2, 0.25) is 5.78 Å². The van der Waals surface area contributed by atoms with E-state index < -0.39 is 18.1 Å². The molecule has 0 aromatic heterocycles. The lowest BCUT2D eigenvalue weighted by atomic mass is 10.1. The summed E-state index contributed by atoms with van der Waals surface area (Å²) in [6.07, 6.45) is -3.54. The van der Waals surface area contributed by atoms with Gasteiger partial charge in [0.05, 0.1) is 0 Å². The van der Waals surface area contributed by atoms with Crippen LogP contribution in [-0.4, -0.2) is 18.1 Å². The molecule has 0 aromatic rings. The number of ketones is 1. The van der Waals surface area contributed by atoms with Crippen molar-refractivity contribution in [3.8, 4) is 0 Å². The minimum absolute atomic E-state index is 0.0512. The fourth-order valence-corrected chi connectivity index (χ4v) is 0.622. The van der Waals surface area contributed by atoms with Crippen LogP contribution in [0.25, 0.3) is 0 Å². The quantitative estimate of drug-likeness (QED) is 0.446. The first-order valence-corrected chi connectivity index (χ1v) is 4.25. The molecule has 14 heavy (non-hydrogen) atoms. The van der Waals surface area contributed by atoms with Crippen LogP contribution in [0.1, 0.15) is 13.8 Å². The van der Waals surface area contributed by atoms with Crippen molar-refractivity contribution in [1.29, 1.82) is 0 Å². The number of hydrogen-bond acceptors (Lipinski definition) is 2. The molecule has 6 heteroatoms. The van der Waals surface area contributed by atoms with Crippen LogP contribution >= 0.6 is 12.6 Å². The Morgan fingerprint density at radius 3 is 2.07 bits per heavy atom. The van der Waals surface area contributed by atoms with Crippen LogP contribution < -0.4 is 0 Å². The van der Waals surface area contributed by atoms with Gasteiger partial charge in [-0.2, -0.15) is 8.78 Å². The largest absolute Gasteiger partial charge is 0.368 e. The molecule has 0 aliphatic heterocycles. The number of alkyl halides is 4. The maximum atomic E-state index is 12.4. The summed E-state index contributed by atoms with van der Waals surface area (Å²) in [6, 6.07) is 0. The highest BCUT2D eigenvalue weighted by molar-refractivity contribution is 7.84. The molecular weight excluding hydrogens is 220 g/mol. The highest BCUT2D eigenvalue weighted by atomic mass is 32.1. The van der Waals surface area contributed by atoms with Crippen LogP contribution in [0.5, 0.6) is 0 Å². The standard InChI is InChI=1S/C8H10F4OS/c1-4(2)5(14)3-6(13)8(11,12)7(9)10/h3-4,7,14H,1-2H3. The van der Waals surface area contributed by atoms with E-state index >= 15 is 0 Å². The second kappa shape index (κ2) is 4.82. The van der Waals surface area contributed by atoms with Crippen LogP contribution in [0.4, 0.5) is 17.6 Å². The molecule has 0 saturated carbocycles. The molecule has 0 fully saturated rings. The number of carbonyl (C=O) groups is 1. The second-order valence-electron chi connectivity index (χ2n) is 3.01. The lowest BCUT2D eigenvalue weighted by Gasteiger charge is -2.12. The van der Waals surface area contributed by atoms with Crippen molar-refractivity contribution < 1.29 is 22.4 Å². The van der Waals surface area contributed by atoms with Gasteiger partial charge in [-0.15, -0.1) is 12.6 Å². The van der Waals surface area contributed by atoms with Crippen LogP contribution in [0.2, 0.25) is 0 Å². The van der Waals surface area contributed by atoms with E-state index in [-0.39, 0.29) is 10.8 Å². The molecule has 0 aliphatic rings. The van der Waals surface area contributed by atoms with E-state index in [4.69, 9.17) is 0 Å². The molecular formula is C8H10F4OS. The molecule has 0 spiro atoms. The average Bonchev–Trinajstić information content (AvgIpc) is 2.03. The number of carbonyl (C=O) groups excluding carboxylic acids is 1. The second-order valence-corrected chi connectivity index (χ2v) is 3.53. The molecule has 0 atom stereocenters. The van der Waals surface area contributed by atoms with Gasteiger partial charge < -0.3 is 0 Å². The normalized spacial score (nSPS) is 13.9. The van der Waals surface area contributed by atoms with Gasteiger partial charge in [0.15, 0.2) is 0 Å². The topological polar surface area (TPSA) is 17.1 Å². The van der Waals surface area contributed by atoms with Crippen molar-refractivity contribution in [3.63, 3.8) is 0 Å². The van der Waals surface area contributed by atoms with Crippen LogP contribution in [0.3, 0.4) is 0 Å². The molecule has 0 saturated heterocycles. The Bertz CT molecular complexity index is 248. The number of thiol groups is 1. The Morgan fingerprint density at radius 1 is 1.36 bits per heavy atom. The van der Waals surface area contributed by atoms with E-state index in [1.165, 1.54) is 0 Å². The van der Waals surface area contributed by atoms with Gasteiger partial charge >= 0.3 is 12.3 Å². The van der Waals surface area contributed by atoms with Crippen LogP contribution in [0.15, 0.2) is 11.0 Å². The van der Waals surface area contributed by atoms with E-state index in [1.807, 2.05) is 0 Å². The minimum atomic E-state index is -4.62. The Kier molecular flexibility index (Phi) is 4.64. The first kappa shape index (κ1) is 13.5. The van der Waals surface area contributed by atoms with Crippen molar-refractivity contribution >= 4 is 18.4 Å². The first-order valence-electron chi connectivity index (χ1n) is 3.80. The zero-order valence-electron chi connectivity index (χ0n) is 7.60. The summed E-state index contributed by atoms with van der Waals surface area (Å²) >= 11 is 3.73. The molecule has 0 rings (SSSR count). The zero-order chi connectivity index (χ0) is 11.5. The van der Waals surface area contributed by atoms with Crippen molar-refractivity contribution in [2.75, 3.05) is 0 Å². The lowest BCUT2D eigenvalue weighted by molar-refractivity contribution is -0.161. The summed E-state index contributed by atoms with van der Waals surface area (Å²) in [4.78, 5) is 10.7. The SMILES string of the molecule is CC(C)C(S)=CC(=O)C(F)(F)C(F)F. The van der Waals surface area contributed by atoms with Gasteiger partial charge in [0.25, 0.3) is 0 Å². The molecule has 0 heterocycles. The lowest BCUT2D eigenvalue weighted by Crippen LogP contribution is -2.35. The van der Waals surface area contributed by atoms with E-state index in [1.54, 1.807) is 13.8 Å². The summed E-state index contributed by atoms with van der Waals surface area (Å²) in [5, 5.41) is 0. The fourth-order valence-electron chi connectivity index (χ4n) is 0.505. The Labute approximate surface area is 84.6 Å². The van der Waals surface area contributed by atoms with Gasteiger partial charge in [-0.05, 0) is 16.9 Å². The first-order chi connectivity index (χ1) is 6.19. The molecule has 0 unspecified atom stereocenters. The molecule has 0 aliphatic carbocycles. The van der Waals surface area contributed by atoms with Gasteiger partial charge in [0, 0.05) is 0 Å². The fraction of sp³-hybridized carbons (Fsp3) is 0.625. The summed E-state index contributed by atoms with van der Waals surface area (Å²) in [5.41, 5.74) is 0. The Hall–Kier alpha value is -0.520. The Balaban J connectivity index is 4.73. The highest BCUT2D eigenvalue weighted by Gasteiger charge is 2.47. The van der Waals surface area contributed by atoms with Crippen molar-refractivity contribution in [2.45, 2.75) is 26.2 Å². The number of rotatable bonds is 4.